The molecule has 0 aromatic heterocycles. The molecule has 0 amide bonds. The number of benzene rings is 1. The smallest absolute Gasteiger partial charge is 0.162 e. The van der Waals surface area contributed by atoms with Crippen LogP contribution in [0.1, 0.15) is 36.5 Å². The third-order valence-electron chi connectivity index (χ3n) is 3.53. The Balaban J connectivity index is 2.09. The predicted molar refractivity (Wildman–Crippen MR) is 72.1 cm³/mol. The first-order valence-corrected chi connectivity index (χ1v) is 6.58. The zero-order valence-electron chi connectivity index (χ0n) is 10.8. The van der Waals surface area contributed by atoms with Crippen LogP contribution < -0.4 is 4.90 Å². The monoisotopic (exact) mass is 245 g/mol. The Bertz CT molecular complexity index is 425. The maximum absolute atomic E-state index is 11.5. The Morgan fingerprint density at radius 2 is 2.11 bits per heavy atom. The number of carbonyl (C=O) groups is 2. The highest BCUT2D eigenvalue weighted by atomic mass is 16.1. The predicted octanol–water partition coefficient (Wildman–Crippen LogP) is 2.69. The first kappa shape index (κ1) is 12.8. The van der Waals surface area contributed by atoms with E-state index in [9.17, 15) is 9.59 Å². The van der Waals surface area contributed by atoms with E-state index in [1.54, 1.807) is 0 Å². The summed E-state index contributed by atoms with van der Waals surface area (Å²) in [5.41, 5.74) is 1.87. The van der Waals surface area contributed by atoms with Crippen LogP contribution in [0.3, 0.4) is 0 Å². The van der Waals surface area contributed by atoms with Gasteiger partial charge in [-0.1, -0.05) is 6.92 Å². The molecule has 1 aliphatic heterocycles. The van der Waals surface area contributed by atoms with Crippen molar-refractivity contribution < 1.29 is 9.59 Å². The van der Waals surface area contributed by atoms with E-state index in [1.807, 2.05) is 31.2 Å². The molecule has 3 heteroatoms. The minimum atomic E-state index is 0.149. The van der Waals surface area contributed by atoms with Gasteiger partial charge in [-0.25, -0.2) is 0 Å². The topological polar surface area (TPSA) is 37.4 Å². The summed E-state index contributed by atoms with van der Waals surface area (Å²) in [7, 11) is 0. The van der Waals surface area contributed by atoms with Crippen molar-refractivity contribution in [3.63, 3.8) is 0 Å². The molecular weight excluding hydrogens is 226 g/mol. The molecule has 18 heavy (non-hydrogen) atoms. The Labute approximate surface area is 108 Å². The van der Waals surface area contributed by atoms with Gasteiger partial charge in [0.15, 0.2) is 5.78 Å². The van der Waals surface area contributed by atoms with Gasteiger partial charge in [0.1, 0.15) is 6.29 Å². The SMILES string of the molecule is CCC(=O)c1ccc(N2CCCC(C=O)C2)cc1. The van der Waals surface area contributed by atoms with E-state index in [1.165, 1.54) is 0 Å². The van der Waals surface area contributed by atoms with Crippen molar-refractivity contribution in [2.75, 3.05) is 18.0 Å². The highest BCUT2D eigenvalue weighted by Gasteiger charge is 2.19. The number of Topliss-reactive ketones (excluding diaryl/α,β-unsaturated/α-hetero) is 1. The van der Waals surface area contributed by atoms with Gasteiger partial charge in [-0.15, -0.1) is 0 Å². The summed E-state index contributed by atoms with van der Waals surface area (Å²) in [6.45, 7) is 3.66. The molecule has 1 aliphatic rings. The second-order valence-corrected chi connectivity index (χ2v) is 4.81. The van der Waals surface area contributed by atoms with Gasteiger partial charge in [0.25, 0.3) is 0 Å². The van der Waals surface area contributed by atoms with Crippen LogP contribution in [0.4, 0.5) is 5.69 Å². The molecule has 1 saturated heterocycles. The van der Waals surface area contributed by atoms with E-state index in [-0.39, 0.29) is 11.7 Å². The Morgan fingerprint density at radius 3 is 2.72 bits per heavy atom. The van der Waals surface area contributed by atoms with E-state index in [4.69, 9.17) is 0 Å². The molecule has 2 rings (SSSR count). The van der Waals surface area contributed by atoms with Crippen LogP contribution in [0, 0.1) is 5.92 Å². The fourth-order valence-corrected chi connectivity index (χ4v) is 2.42. The molecule has 3 nitrogen and oxygen atoms in total. The molecule has 0 spiro atoms. The molecule has 0 saturated carbocycles. The summed E-state index contributed by atoms with van der Waals surface area (Å²) < 4.78 is 0. The maximum atomic E-state index is 11.5. The summed E-state index contributed by atoms with van der Waals surface area (Å²) >= 11 is 0. The van der Waals surface area contributed by atoms with E-state index >= 15 is 0 Å². The lowest BCUT2D eigenvalue weighted by molar-refractivity contribution is -0.111. The minimum absolute atomic E-state index is 0.149. The zero-order chi connectivity index (χ0) is 13.0. The second-order valence-electron chi connectivity index (χ2n) is 4.81. The van der Waals surface area contributed by atoms with Crippen LogP contribution in [0.25, 0.3) is 0 Å². The average Bonchev–Trinajstić information content (AvgIpc) is 2.46. The van der Waals surface area contributed by atoms with E-state index < -0.39 is 0 Å². The normalized spacial score (nSPS) is 19.6. The van der Waals surface area contributed by atoms with Crippen molar-refractivity contribution in [1.82, 2.24) is 0 Å². The molecule has 1 aromatic rings. The van der Waals surface area contributed by atoms with Gasteiger partial charge < -0.3 is 9.69 Å². The van der Waals surface area contributed by atoms with Gasteiger partial charge in [-0.3, -0.25) is 4.79 Å². The second kappa shape index (κ2) is 5.80. The molecule has 1 atom stereocenters. The first-order valence-electron chi connectivity index (χ1n) is 6.58. The summed E-state index contributed by atoms with van der Waals surface area (Å²) in [4.78, 5) is 24.6. The van der Waals surface area contributed by atoms with Crippen molar-refractivity contribution in [2.45, 2.75) is 26.2 Å². The van der Waals surface area contributed by atoms with Crippen molar-refractivity contribution in [3.8, 4) is 0 Å². The van der Waals surface area contributed by atoms with Gasteiger partial charge >= 0.3 is 0 Å². The number of carbonyl (C=O) groups excluding carboxylic acids is 2. The van der Waals surface area contributed by atoms with Crippen LogP contribution in [0.2, 0.25) is 0 Å². The van der Waals surface area contributed by atoms with Gasteiger partial charge in [-0.2, -0.15) is 0 Å². The molecule has 1 aromatic carbocycles. The summed E-state index contributed by atoms with van der Waals surface area (Å²) in [5.74, 6) is 0.321. The number of rotatable bonds is 4. The molecule has 0 radical (unpaired) electrons. The van der Waals surface area contributed by atoms with Crippen molar-refractivity contribution in [2.24, 2.45) is 5.92 Å². The Morgan fingerprint density at radius 1 is 1.39 bits per heavy atom. The number of hydrogen-bond donors (Lipinski definition) is 0. The zero-order valence-corrected chi connectivity index (χ0v) is 10.8. The fraction of sp³-hybridized carbons (Fsp3) is 0.467. The largest absolute Gasteiger partial charge is 0.371 e. The molecule has 96 valence electrons. The highest BCUT2D eigenvalue weighted by molar-refractivity contribution is 5.96. The Hall–Kier alpha value is -1.64. The van der Waals surface area contributed by atoms with E-state index in [0.29, 0.717) is 6.42 Å². The molecule has 1 fully saturated rings. The minimum Gasteiger partial charge on any atom is -0.371 e. The van der Waals surface area contributed by atoms with Crippen LogP contribution in [0.5, 0.6) is 0 Å². The van der Waals surface area contributed by atoms with Crippen molar-refractivity contribution in [1.29, 1.82) is 0 Å². The van der Waals surface area contributed by atoms with Crippen LogP contribution in [-0.4, -0.2) is 25.2 Å². The van der Waals surface area contributed by atoms with E-state index in [0.717, 1.165) is 43.5 Å². The Kier molecular flexibility index (Phi) is 4.13. The van der Waals surface area contributed by atoms with Gasteiger partial charge in [0.2, 0.25) is 0 Å². The standard InChI is InChI=1S/C15H19NO2/c1-2-15(18)13-5-7-14(8-6-13)16-9-3-4-12(10-16)11-17/h5-8,11-12H,2-4,9-10H2,1H3. The van der Waals surface area contributed by atoms with Gasteiger partial charge in [-0.05, 0) is 37.1 Å². The van der Waals surface area contributed by atoms with E-state index in [2.05, 4.69) is 4.90 Å². The lowest BCUT2D eigenvalue weighted by atomic mass is 9.99. The first-order chi connectivity index (χ1) is 8.74. The lowest BCUT2D eigenvalue weighted by Crippen LogP contribution is -2.35. The van der Waals surface area contributed by atoms with Gasteiger partial charge in [0.05, 0.1) is 0 Å². The average molecular weight is 245 g/mol. The number of aldehydes is 1. The number of anilines is 1. The molecule has 0 bridgehead atoms. The number of nitrogens with zero attached hydrogens (tertiary/aromatic N) is 1. The lowest BCUT2D eigenvalue weighted by Gasteiger charge is -2.32. The molecule has 0 aliphatic carbocycles. The quantitative estimate of drug-likeness (QED) is 0.604. The molecular formula is C15H19NO2. The van der Waals surface area contributed by atoms with Crippen molar-refractivity contribution in [3.05, 3.63) is 29.8 Å². The summed E-state index contributed by atoms with van der Waals surface area (Å²) in [5, 5.41) is 0. The highest BCUT2D eigenvalue weighted by Crippen LogP contribution is 2.22. The third kappa shape index (κ3) is 2.78. The summed E-state index contributed by atoms with van der Waals surface area (Å²) in [6.07, 6.45) is 3.64. The maximum Gasteiger partial charge on any atom is 0.162 e. The number of hydrogen-bond acceptors (Lipinski definition) is 3. The molecule has 0 N–H and O–H groups in total. The van der Waals surface area contributed by atoms with Crippen LogP contribution in [-0.2, 0) is 4.79 Å². The molecule has 1 unspecified atom stereocenters. The third-order valence-corrected chi connectivity index (χ3v) is 3.53. The van der Waals surface area contributed by atoms with Crippen LogP contribution in [0.15, 0.2) is 24.3 Å². The van der Waals surface area contributed by atoms with Gasteiger partial charge in [0, 0.05) is 36.7 Å². The number of ketones is 1. The fourth-order valence-electron chi connectivity index (χ4n) is 2.42. The summed E-state index contributed by atoms with van der Waals surface area (Å²) in [6, 6.07) is 7.73. The number of piperidine rings is 1. The van der Waals surface area contributed by atoms with Crippen LogP contribution >= 0.6 is 0 Å². The van der Waals surface area contributed by atoms with Crippen molar-refractivity contribution >= 4 is 17.8 Å². The molecule has 1 heterocycles.